The van der Waals surface area contributed by atoms with E-state index in [0.717, 1.165) is 37.2 Å². The Labute approximate surface area is 133 Å². The maximum Gasteiger partial charge on any atom is 0.210 e. The number of aromatic nitrogens is 3. The zero-order valence-corrected chi connectivity index (χ0v) is 12.9. The van der Waals surface area contributed by atoms with Crippen LogP contribution in [-0.2, 0) is 10.5 Å². The second-order valence-corrected chi connectivity index (χ2v) is 6.11. The minimum Gasteiger partial charge on any atom is -0.370 e. The van der Waals surface area contributed by atoms with Crippen LogP contribution in [0.15, 0.2) is 29.4 Å². The fourth-order valence-electron chi connectivity index (χ4n) is 2.37. The van der Waals surface area contributed by atoms with Crippen molar-refractivity contribution >= 4 is 11.8 Å². The molecule has 1 saturated heterocycles. The van der Waals surface area contributed by atoms with Crippen LogP contribution < -0.4 is 5.84 Å². The molecule has 114 valence electrons. The summed E-state index contributed by atoms with van der Waals surface area (Å²) in [6.07, 6.45) is 3.12. The quantitative estimate of drug-likeness (QED) is 0.688. The number of nitriles is 1. The number of benzene rings is 1. The summed E-state index contributed by atoms with van der Waals surface area (Å²) in [5.41, 5.74) is 1.77. The van der Waals surface area contributed by atoms with Gasteiger partial charge in [-0.25, -0.2) is 4.68 Å². The molecular weight excluding hydrogens is 298 g/mol. The van der Waals surface area contributed by atoms with E-state index < -0.39 is 0 Å². The first-order chi connectivity index (χ1) is 10.8. The van der Waals surface area contributed by atoms with Gasteiger partial charge >= 0.3 is 0 Å². The molecule has 2 heterocycles. The molecule has 1 aromatic heterocycles. The predicted molar refractivity (Wildman–Crippen MR) is 83.4 cm³/mol. The van der Waals surface area contributed by atoms with Gasteiger partial charge in [0.15, 0.2) is 5.82 Å². The lowest BCUT2D eigenvalue weighted by Gasteiger charge is -2.21. The summed E-state index contributed by atoms with van der Waals surface area (Å²) < 4.78 is 7.24. The minimum atomic E-state index is -0.0458. The highest BCUT2D eigenvalue weighted by atomic mass is 32.2. The Hall–Kier alpha value is -2.04. The second-order valence-electron chi connectivity index (χ2n) is 5.16. The lowest BCUT2D eigenvalue weighted by molar-refractivity contribution is 0.00780. The number of nitrogen functional groups attached to an aromatic ring is 1. The van der Waals surface area contributed by atoms with Gasteiger partial charge in [-0.3, -0.25) is 0 Å². The molecule has 7 heteroatoms. The van der Waals surface area contributed by atoms with Crippen LogP contribution in [0.25, 0.3) is 0 Å². The maximum absolute atomic E-state index is 8.79. The molecule has 1 aliphatic rings. The van der Waals surface area contributed by atoms with Crippen molar-refractivity contribution < 1.29 is 4.74 Å². The number of thioether (sulfide) groups is 1. The highest BCUT2D eigenvalue weighted by Crippen LogP contribution is 2.28. The molecule has 0 saturated carbocycles. The van der Waals surface area contributed by atoms with Gasteiger partial charge in [-0.1, -0.05) is 23.9 Å². The van der Waals surface area contributed by atoms with E-state index >= 15 is 0 Å². The molecule has 0 aliphatic carbocycles. The number of hydrogen-bond donors (Lipinski definition) is 1. The third-order valence-corrected chi connectivity index (χ3v) is 4.62. The topological polar surface area (TPSA) is 89.8 Å². The monoisotopic (exact) mass is 315 g/mol. The van der Waals surface area contributed by atoms with Crippen molar-refractivity contribution in [2.75, 3.05) is 12.4 Å². The van der Waals surface area contributed by atoms with Crippen molar-refractivity contribution in [1.29, 1.82) is 5.26 Å². The molecule has 6 nitrogen and oxygen atoms in total. The average molecular weight is 315 g/mol. The Morgan fingerprint density at radius 2 is 2.14 bits per heavy atom. The Kier molecular flexibility index (Phi) is 4.61. The molecule has 1 atom stereocenters. The number of nitrogens with zero attached hydrogens (tertiary/aromatic N) is 4. The third kappa shape index (κ3) is 3.24. The molecule has 0 unspecified atom stereocenters. The average Bonchev–Trinajstić information content (AvgIpc) is 2.95. The summed E-state index contributed by atoms with van der Waals surface area (Å²) in [6, 6.07) is 9.61. The Morgan fingerprint density at radius 3 is 2.82 bits per heavy atom. The number of ether oxygens (including phenoxy) is 1. The van der Waals surface area contributed by atoms with E-state index in [1.54, 1.807) is 0 Å². The molecule has 1 aliphatic heterocycles. The molecule has 0 amide bonds. The van der Waals surface area contributed by atoms with Crippen LogP contribution in [-0.4, -0.2) is 21.5 Å². The smallest absolute Gasteiger partial charge is 0.210 e. The zero-order chi connectivity index (χ0) is 15.4. The van der Waals surface area contributed by atoms with E-state index in [4.69, 9.17) is 15.8 Å². The van der Waals surface area contributed by atoms with Gasteiger partial charge in [0.1, 0.15) is 6.10 Å². The second kappa shape index (κ2) is 6.81. The van der Waals surface area contributed by atoms with Crippen LogP contribution >= 0.6 is 11.8 Å². The molecule has 1 fully saturated rings. The van der Waals surface area contributed by atoms with Gasteiger partial charge in [0.25, 0.3) is 0 Å². The van der Waals surface area contributed by atoms with E-state index in [1.807, 2.05) is 24.3 Å². The molecule has 3 rings (SSSR count). The highest BCUT2D eigenvalue weighted by Gasteiger charge is 2.23. The number of rotatable bonds is 4. The first kappa shape index (κ1) is 14.9. The zero-order valence-electron chi connectivity index (χ0n) is 12.1. The van der Waals surface area contributed by atoms with Gasteiger partial charge in [-0.05, 0) is 37.0 Å². The maximum atomic E-state index is 8.79. The molecule has 1 aromatic carbocycles. The summed E-state index contributed by atoms with van der Waals surface area (Å²) in [5, 5.41) is 17.8. The summed E-state index contributed by atoms with van der Waals surface area (Å²) in [7, 11) is 0. The molecular formula is C15H17N5OS. The van der Waals surface area contributed by atoms with Gasteiger partial charge in [0.2, 0.25) is 5.16 Å². The summed E-state index contributed by atoms with van der Waals surface area (Å²) in [4.78, 5) is 0. The van der Waals surface area contributed by atoms with E-state index in [9.17, 15) is 0 Å². The van der Waals surface area contributed by atoms with Crippen LogP contribution in [0.4, 0.5) is 0 Å². The fraction of sp³-hybridized carbons (Fsp3) is 0.400. The van der Waals surface area contributed by atoms with Crippen LogP contribution in [0, 0.1) is 11.3 Å². The van der Waals surface area contributed by atoms with E-state index in [2.05, 4.69) is 16.3 Å². The van der Waals surface area contributed by atoms with Crippen LogP contribution in [0.1, 0.15) is 42.3 Å². The van der Waals surface area contributed by atoms with Gasteiger partial charge in [0.05, 0.1) is 11.6 Å². The summed E-state index contributed by atoms with van der Waals surface area (Å²) >= 11 is 1.52. The molecule has 2 N–H and O–H groups in total. The Morgan fingerprint density at radius 1 is 1.32 bits per heavy atom. The number of nitrogens with two attached hydrogens (primary N) is 1. The number of hydrogen-bond acceptors (Lipinski definition) is 6. The van der Waals surface area contributed by atoms with Crippen molar-refractivity contribution in [2.24, 2.45) is 0 Å². The largest absolute Gasteiger partial charge is 0.370 e. The normalized spacial score (nSPS) is 18.0. The van der Waals surface area contributed by atoms with Crippen molar-refractivity contribution in [1.82, 2.24) is 14.9 Å². The lowest BCUT2D eigenvalue weighted by atomic mass is 10.1. The Bertz CT molecular complexity index is 670. The standard InChI is InChI=1S/C15H17N5OS/c16-9-11-4-6-12(7-5-11)10-22-15-19-18-14(20(15)17)13-3-1-2-8-21-13/h4-7,13H,1-3,8,10,17H2/t13-/m1/s1. The van der Waals surface area contributed by atoms with Gasteiger partial charge in [-0.15, -0.1) is 10.2 Å². The van der Waals surface area contributed by atoms with Gasteiger partial charge < -0.3 is 10.6 Å². The SMILES string of the molecule is N#Cc1ccc(CSc2nnc([C@H]3CCCCO3)n2N)cc1. The Balaban J connectivity index is 1.65. The van der Waals surface area contributed by atoms with Crippen LogP contribution in [0.3, 0.4) is 0 Å². The van der Waals surface area contributed by atoms with Crippen LogP contribution in [0.5, 0.6) is 0 Å². The summed E-state index contributed by atoms with van der Waals surface area (Å²) in [6.45, 7) is 0.755. The van der Waals surface area contributed by atoms with E-state index in [0.29, 0.717) is 16.5 Å². The van der Waals surface area contributed by atoms with Crippen molar-refractivity contribution in [3.05, 3.63) is 41.2 Å². The van der Waals surface area contributed by atoms with Gasteiger partial charge in [0, 0.05) is 12.4 Å². The molecule has 0 bridgehead atoms. The molecule has 2 aromatic rings. The third-order valence-electron chi connectivity index (χ3n) is 3.61. The summed E-state index contributed by atoms with van der Waals surface area (Å²) in [5.74, 6) is 7.52. The minimum absolute atomic E-state index is 0.0458. The molecule has 22 heavy (non-hydrogen) atoms. The fourth-order valence-corrected chi connectivity index (χ4v) is 3.19. The van der Waals surface area contributed by atoms with Crippen LogP contribution in [0.2, 0.25) is 0 Å². The molecule has 0 radical (unpaired) electrons. The highest BCUT2D eigenvalue weighted by molar-refractivity contribution is 7.98. The van der Waals surface area contributed by atoms with Crippen molar-refractivity contribution in [3.63, 3.8) is 0 Å². The predicted octanol–water partition coefficient (Wildman–Crippen LogP) is 2.40. The van der Waals surface area contributed by atoms with Crippen molar-refractivity contribution in [2.45, 2.75) is 36.3 Å². The van der Waals surface area contributed by atoms with E-state index in [1.165, 1.54) is 16.4 Å². The van der Waals surface area contributed by atoms with Crippen molar-refractivity contribution in [3.8, 4) is 6.07 Å². The van der Waals surface area contributed by atoms with E-state index in [-0.39, 0.29) is 6.10 Å². The first-order valence-corrected chi connectivity index (χ1v) is 8.20. The lowest BCUT2D eigenvalue weighted by Crippen LogP contribution is -2.21. The van der Waals surface area contributed by atoms with Gasteiger partial charge in [-0.2, -0.15) is 5.26 Å². The molecule has 0 spiro atoms. The first-order valence-electron chi connectivity index (χ1n) is 7.22.